The van der Waals surface area contributed by atoms with Crippen LogP contribution in [0.25, 0.3) is 11.3 Å². The molecule has 3 N–H and O–H groups in total. The van der Waals surface area contributed by atoms with E-state index in [2.05, 4.69) is 74.4 Å². The minimum atomic E-state index is -0.396. The molecule has 2 fully saturated rings. The van der Waals surface area contributed by atoms with Gasteiger partial charge in [0.25, 0.3) is 11.5 Å². The zero-order chi connectivity index (χ0) is 44.2. The summed E-state index contributed by atoms with van der Waals surface area (Å²) < 4.78 is 3.59. The van der Waals surface area contributed by atoms with Crippen molar-refractivity contribution < 1.29 is 14.7 Å². The molecule has 7 heterocycles. The highest BCUT2D eigenvalue weighted by Gasteiger charge is 2.38. The minimum absolute atomic E-state index is 0.0570. The van der Waals surface area contributed by atoms with E-state index in [-0.39, 0.29) is 34.6 Å². The lowest BCUT2D eigenvalue weighted by Gasteiger charge is -2.47. The van der Waals surface area contributed by atoms with Crippen molar-refractivity contribution in [3.05, 3.63) is 112 Å². The standard InChI is InChI=1S/C48H57N11O4/c1-7-43(61)52-37-24-33(11-12-39(37)57-20-19-56(27-31(57)3)34-14-17-55(18-15-34)42-10-8-9-30(2)50-42)51-44-47(63)54(6)28-38(53-44)35-13-16-49-45(36(35)29-60)59-22-21-58-40(46(59)62)23-32-25-48(4,5)26-41(32)58/h7-13,16,23-24,28,31,34,60H,1,14-15,17-22,25-27,29H2,2-6H3,(H,51,53)(H,52,61). The largest absolute Gasteiger partial charge is 0.392 e. The summed E-state index contributed by atoms with van der Waals surface area (Å²) in [5, 5.41) is 17.0. The Morgan fingerprint density at radius 3 is 2.56 bits per heavy atom. The van der Waals surface area contributed by atoms with Crippen LogP contribution in [-0.4, -0.2) is 97.3 Å². The number of nitrogens with one attached hydrogen (secondary N) is 2. The van der Waals surface area contributed by atoms with Crippen LogP contribution in [0.4, 0.5) is 34.5 Å². The summed E-state index contributed by atoms with van der Waals surface area (Å²) in [6.07, 6.45) is 8.48. The summed E-state index contributed by atoms with van der Waals surface area (Å²) >= 11 is 0. The van der Waals surface area contributed by atoms with Crippen molar-refractivity contribution in [1.82, 2.24) is 29.0 Å². The van der Waals surface area contributed by atoms with Crippen molar-refractivity contribution >= 4 is 46.3 Å². The maximum absolute atomic E-state index is 14.0. The van der Waals surface area contributed by atoms with Gasteiger partial charge in [0.2, 0.25) is 5.91 Å². The highest BCUT2D eigenvalue weighted by molar-refractivity contribution is 6.06. The monoisotopic (exact) mass is 851 g/mol. The lowest BCUT2D eigenvalue weighted by molar-refractivity contribution is -0.111. The van der Waals surface area contributed by atoms with E-state index in [0.717, 1.165) is 75.6 Å². The van der Waals surface area contributed by atoms with Gasteiger partial charge in [0, 0.05) is 106 Å². The number of aromatic nitrogens is 5. The Balaban J connectivity index is 0.936. The number of fused-ring (bicyclic) bond motifs is 3. The predicted octanol–water partition coefficient (Wildman–Crippen LogP) is 5.67. The van der Waals surface area contributed by atoms with Gasteiger partial charge in [0.15, 0.2) is 5.82 Å². The average molecular weight is 852 g/mol. The number of carbonyl (C=O) groups excluding carboxylic acids is 2. The summed E-state index contributed by atoms with van der Waals surface area (Å²) in [5.74, 6) is 0.976. The van der Waals surface area contributed by atoms with E-state index in [1.165, 1.54) is 21.9 Å². The molecule has 63 heavy (non-hydrogen) atoms. The first-order valence-electron chi connectivity index (χ1n) is 22.0. The first-order chi connectivity index (χ1) is 30.3. The Kier molecular flexibility index (Phi) is 11.2. The van der Waals surface area contributed by atoms with Gasteiger partial charge in [-0.3, -0.25) is 24.2 Å². The van der Waals surface area contributed by atoms with Crippen LogP contribution in [0.1, 0.15) is 66.6 Å². The van der Waals surface area contributed by atoms with E-state index >= 15 is 0 Å². The molecular formula is C48H57N11O4. The average Bonchev–Trinajstić information content (AvgIpc) is 3.77. The van der Waals surface area contributed by atoms with E-state index in [1.54, 1.807) is 30.4 Å². The summed E-state index contributed by atoms with van der Waals surface area (Å²) in [6, 6.07) is 16.3. The molecule has 15 nitrogen and oxygen atoms in total. The number of piperazine rings is 1. The number of carbonyl (C=O) groups is 2. The number of aliphatic hydroxyl groups excluding tert-OH is 1. The normalized spacial score (nSPS) is 18.9. The fraction of sp³-hybridized carbons (Fsp3) is 0.417. The second kappa shape index (κ2) is 16.8. The zero-order valence-corrected chi connectivity index (χ0v) is 36.9. The summed E-state index contributed by atoms with van der Waals surface area (Å²) in [6.45, 7) is 17.6. The van der Waals surface area contributed by atoms with Crippen LogP contribution in [-0.2, 0) is 37.8 Å². The third-order valence-corrected chi connectivity index (χ3v) is 13.3. The maximum atomic E-state index is 14.0. The number of hydrogen-bond acceptors (Lipinski definition) is 11. The van der Waals surface area contributed by atoms with Gasteiger partial charge in [0.05, 0.1) is 23.7 Å². The molecule has 2 saturated heterocycles. The number of hydrogen-bond donors (Lipinski definition) is 3. The third-order valence-electron chi connectivity index (χ3n) is 13.3. The number of amides is 2. The van der Waals surface area contributed by atoms with E-state index in [9.17, 15) is 19.5 Å². The van der Waals surface area contributed by atoms with E-state index in [0.29, 0.717) is 58.8 Å². The van der Waals surface area contributed by atoms with Gasteiger partial charge in [-0.05, 0) is 99.0 Å². The van der Waals surface area contributed by atoms with Crippen LogP contribution in [0.3, 0.4) is 0 Å². The van der Waals surface area contributed by atoms with Crippen LogP contribution in [0.2, 0.25) is 0 Å². The molecule has 328 valence electrons. The number of piperidine rings is 1. The summed E-state index contributed by atoms with van der Waals surface area (Å²) in [4.78, 5) is 63.6. The van der Waals surface area contributed by atoms with Crippen LogP contribution >= 0.6 is 0 Å². The molecular weight excluding hydrogens is 795 g/mol. The van der Waals surface area contributed by atoms with Crippen LogP contribution in [0.5, 0.6) is 0 Å². The topological polar surface area (TPSA) is 157 Å². The second-order valence-corrected chi connectivity index (χ2v) is 18.3. The number of aliphatic hydroxyl groups is 1. The van der Waals surface area contributed by atoms with E-state index in [1.807, 2.05) is 37.3 Å². The first-order valence-corrected chi connectivity index (χ1v) is 22.0. The molecule has 1 aromatic carbocycles. The summed E-state index contributed by atoms with van der Waals surface area (Å²) in [7, 11) is 1.65. The Bertz CT molecular complexity index is 2660. The van der Waals surface area contributed by atoms with Crippen molar-refractivity contribution in [3.8, 4) is 11.3 Å². The molecule has 2 amide bonds. The van der Waals surface area contributed by atoms with Gasteiger partial charge < -0.3 is 34.7 Å². The van der Waals surface area contributed by atoms with Gasteiger partial charge in [-0.2, -0.15) is 0 Å². The van der Waals surface area contributed by atoms with Crippen molar-refractivity contribution in [1.29, 1.82) is 0 Å². The second-order valence-electron chi connectivity index (χ2n) is 18.3. The first kappa shape index (κ1) is 42.0. The quantitative estimate of drug-likeness (QED) is 0.149. The Morgan fingerprint density at radius 2 is 1.81 bits per heavy atom. The SMILES string of the molecule is C=CC(=O)Nc1cc(Nc2nc(-c3ccnc(N4CCn5c(cc6c5CC(C)(C)C6)C4=O)c3CO)cn(C)c2=O)ccc1N1CCN(C2CCN(c3cccc(C)n3)CC2)CC1C. The molecule has 3 aliphatic heterocycles. The van der Waals surface area contributed by atoms with Crippen molar-refractivity contribution in [2.45, 2.75) is 78.6 Å². The highest BCUT2D eigenvalue weighted by Crippen LogP contribution is 2.40. The van der Waals surface area contributed by atoms with Crippen LogP contribution in [0.15, 0.2) is 78.4 Å². The zero-order valence-electron chi connectivity index (χ0n) is 36.9. The predicted molar refractivity (Wildman–Crippen MR) is 247 cm³/mol. The molecule has 4 aromatic heterocycles. The van der Waals surface area contributed by atoms with Crippen molar-refractivity contribution in [3.63, 3.8) is 0 Å². The van der Waals surface area contributed by atoms with Crippen LogP contribution in [0, 0.1) is 12.3 Å². The molecule has 4 aliphatic rings. The number of anilines is 6. The van der Waals surface area contributed by atoms with Gasteiger partial charge in [-0.15, -0.1) is 0 Å². The molecule has 5 aromatic rings. The smallest absolute Gasteiger partial charge is 0.293 e. The Morgan fingerprint density at radius 1 is 1.00 bits per heavy atom. The number of aryl methyl sites for hydroxylation is 2. The molecule has 1 atom stereocenters. The molecule has 0 bridgehead atoms. The summed E-state index contributed by atoms with van der Waals surface area (Å²) in [5.41, 5.74) is 7.36. The lowest BCUT2D eigenvalue weighted by Crippen LogP contribution is -2.57. The minimum Gasteiger partial charge on any atom is -0.392 e. The number of rotatable bonds is 10. The highest BCUT2D eigenvalue weighted by atomic mass is 16.3. The fourth-order valence-electron chi connectivity index (χ4n) is 10.2. The maximum Gasteiger partial charge on any atom is 0.293 e. The molecule has 1 aliphatic carbocycles. The van der Waals surface area contributed by atoms with E-state index in [4.69, 9.17) is 9.97 Å². The van der Waals surface area contributed by atoms with Gasteiger partial charge >= 0.3 is 0 Å². The molecule has 0 saturated carbocycles. The van der Waals surface area contributed by atoms with Crippen molar-refractivity contribution in [2.75, 3.05) is 64.6 Å². The van der Waals surface area contributed by atoms with Gasteiger partial charge in [0.1, 0.15) is 17.3 Å². The molecule has 1 unspecified atom stereocenters. The molecule has 9 rings (SSSR count). The van der Waals surface area contributed by atoms with E-state index < -0.39 is 6.61 Å². The van der Waals surface area contributed by atoms with Crippen LogP contribution < -0.4 is 30.9 Å². The number of nitrogens with zero attached hydrogens (tertiary/aromatic N) is 9. The fourth-order valence-corrected chi connectivity index (χ4v) is 10.2. The Hall–Kier alpha value is -6.32. The van der Waals surface area contributed by atoms with Gasteiger partial charge in [-0.25, -0.2) is 15.0 Å². The number of pyridine rings is 2. The van der Waals surface area contributed by atoms with Crippen molar-refractivity contribution in [2.24, 2.45) is 12.5 Å². The molecule has 15 heteroatoms. The van der Waals surface area contributed by atoms with Gasteiger partial charge in [-0.1, -0.05) is 26.5 Å². The molecule has 0 spiro atoms. The number of benzene rings is 1. The Labute approximate surface area is 368 Å². The molecule has 0 radical (unpaired) electrons. The lowest BCUT2D eigenvalue weighted by atomic mass is 9.90. The third kappa shape index (κ3) is 8.11.